The molecule has 0 radical (unpaired) electrons. The molecule has 4 nitrogen and oxygen atoms in total. The standard InChI is InChI=1S/C15H23NO3/c1-2-4-12-5-3-9-16(10-8-12)11-13-6-7-14(19-13)15(17)18/h6-7,12H,2-5,8-11H2,1H3,(H,17,18). The summed E-state index contributed by atoms with van der Waals surface area (Å²) in [4.78, 5) is 13.1. The fourth-order valence-electron chi connectivity index (χ4n) is 2.88. The average molecular weight is 265 g/mol. The van der Waals surface area contributed by atoms with Gasteiger partial charge in [0.05, 0.1) is 6.54 Å². The first-order valence-corrected chi connectivity index (χ1v) is 7.23. The van der Waals surface area contributed by atoms with Crippen LogP contribution in [-0.2, 0) is 6.54 Å². The van der Waals surface area contributed by atoms with Crippen LogP contribution in [-0.4, -0.2) is 29.1 Å². The fraction of sp³-hybridized carbons (Fsp3) is 0.667. The van der Waals surface area contributed by atoms with E-state index in [0.717, 1.165) is 31.3 Å². The first-order chi connectivity index (χ1) is 9.19. The van der Waals surface area contributed by atoms with Gasteiger partial charge in [0.25, 0.3) is 0 Å². The number of hydrogen-bond acceptors (Lipinski definition) is 3. The second kappa shape index (κ2) is 6.75. The Labute approximate surface area is 114 Å². The molecule has 1 N–H and O–H groups in total. The molecule has 1 atom stereocenters. The Morgan fingerprint density at radius 2 is 2.26 bits per heavy atom. The highest BCUT2D eigenvalue weighted by atomic mass is 16.4. The minimum Gasteiger partial charge on any atom is -0.475 e. The molecule has 1 unspecified atom stereocenters. The summed E-state index contributed by atoms with van der Waals surface area (Å²) in [6.45, 7) is 5.15. The molecular formula is C15H23NO3. The van der Waals surface area contributed by atoms with Crippen molar-refractivity contribution in [3.05, 3.63) is 23.7 Å². The van der Waals surface area contributed by atoms with E-state index in [2.05, 4.69) is 11.8 Å². The number of furan rings is 1. The number of aromatic carboxylic acids is 1. The maximum absolute atomic E-state index is 10.8. The molecule has 0 saturated carbocycles. The third-order valence-corrected chi connectivity index (χ3v) is 3.89. The van der Waals surface area contributed by atoms with Crippen LogP contribution in [0.25, 0.3) is 0 Å². The van der Waals surface area contributed by atoms with Crippen LogP contribution < -0.4 is 0 Å². The summed E-state index contributed by atoms with van der Waals surface area (Å²) in [7, 11) is 0. The maximum Gasteiger partial charge on any atom is 0.371 e. The van der Waals surface area contributed by atoms with Gasteiger partial charge in [0, 0.05) is 0 Å². The SMILES string of the molecule is CCCC1CCCN(Cc2ccc(C(=O)O)o2)CC1. The lowest BCUT2D eigenvalue weighted by Gasteiger charge is -2.18. The van der Waals surface area contributed by atoms with Gasteiger partial charge in [0.2, 0.25) is 5.76 Å². The van der Waals surface area contributed by atoms with Gasteiger partial charge in [-0.3, -0.25) is 4.90 Å². The molecule has 1 saturated heterocycles. The number of nitrogens with zero attached hydrogens (tertiary/aromatic N) is 1. The number of hydrogen-bond donors (Lipinski definition) is 1. The number of carboxylic acid groups (broad SMARTS) is 1. The summed E-state index contributed by atoms with van der Waals surface area (Å²) >= 11 is 0. The van der Waals surface area contributed by atoms with E-state index < -0.39 is 5.97 Å². The van der Waals surface area contributed by atoms with Crippen LogP contribution in [0.1, 0.15) is 55.3 Å². The number of carboxylic acids is 1. The predicted octanol–water partition coefficient (Wildman–Crippen LogP) is 3.38. The summed E-state index contributed by atoms with van der Waals surface area (Å²) < 4.78 is 5.32. The van der Waals surface area contributed by atoms with Crippen LogP contribution in [0.15, 0.2) is 16.5 Å². The second-order valence-corrected chi connectivity index (χ2v) is 5.43. The fourth-order valence-corrected chi connectivity index (χ4v) is 2.88. The summed E-state index contributed by atoms with van der Waals surface area (Å²) in [5, 5.41) is 8.84. The molecule has 0 spiro atoms. The van der Waals surface area contributed by atoms with Crippen molar-refractivity contribution in [2.75, 3.05) is 13.1 Å². The molecule has 106 valence electrons. The van der Waals surface area contributed by atoms with E-state index in [1.54, 1.807) is 6.07 Å². The van der Waals surface area contributed by atoms with Gasteiger partial charge in [0.1, 0.15) is 5.76 Å². The molecule has 0 aromatic carbocycles. The van der Waals surface area contributed by atoms with Crippen LogP contribution in [0.2, 0.25) is 0 Å². The minimum absolute atomic E-state index is 0.0358. The molecule has 1 aliphatic rings. The first-order valence-electron chi connectivity index (χ1n) is 7.23. The number of rotatable bonds is 5. The number of likely N-dealkylation sites (tertiary alicyclic amines) is 1. The average Bonchev–Trinajstić information content (AvgIpc) is 2.73. The highest BCUT2D eigenvalue weighted by Crippen LogP contribution is 2.23. The Morgan fingerprint density at radius 3 is 2.95 bits per heavy atom. The molecule has 2 rings (SSSR count). The van der Waals surface area contributed by atoms with E-state index in [9.17, 15) is 4.79 Å². The van der Waals surface area contributed by atoms with Gasteiger partial charge in [-0.25, -0.2) is 4.79 Å². The van der Waals surface area contributed by atoms with E-state index in [1.165, 1.54) is 38.2 Å². The van der Waals surface area contributed by atoms with E-state index in [4.69, 9.17) is 9.52 Å². The zero-order valence-electron chi connectivity index (χ0n) is 11.6. The van der Waals surface area contributed by atoms with Crippen molar-refractivity contribution in [3.63, 3.8) is 0 Å². The minimum atomic E-state index is -0.995. The molecule has 0 bridgehead atoms. The highest BCUT2D eigenvalue weighted by molar-refractivity contribution is 5.84. The zero-order chi connectivity index (χ0) is 13.7. The van der Waals surface area contributed by atoms with Crippen LogP contribution in [0.4, 0.5) is 0 Å². The Balaban J connectivity index is 1.86. The third-order valence-electron chi connectivity index (χ3n) is 3.89. The van der Waals surface area contributed by atoms with Crippen LogP contribution >= 0.6 is 0 Å². The predicted molar refractivity (Wildman–Crippen MR) is 73.2 cm³/mol. The molecule has 0 aliphatic carbocycles. The van der Waals surface area contributed by atoms with Crippen LogP contribution in [0, 0.1) is 5.92 Å². The normalized spacial score (nSPS) is 21.2. The van der Waals surface area contributed by atoms with Gasteiger partial charge >= 0.3 is 5.97 Å². The molecule has 4 heteroatoms. The van der Waals surface area contributed by atoms with Gasteiger partial charge in [-0.15, -0.1) is 0 Å². The molecule has 0 amide bonds. The summed E-state index contributed by atoms with van der Waals surface area (Å²) in [5.41, 5.74) is 0. The Hall–Kier alpha value is -1.29. The molecule has 19 heavy (non-hydrogen) atoms. The summed E-state index contributed by atoms with van der Waals surface area (Å²) in [6.07, 6.45) is 6.41. The van der Waals surface area contributed by atoms with E-state index >= 15 is 0 Å². The summed E-state index contributed by atoms with van der Waals surface area (Å²) in [5.74, 6) is 0.659. The van der Waals surface area contributed by atoms with Crippen molar-refractivity contribution in [2.24, 2.45) is 5.92 Å². The van der Waals surface area contributed by atoms with Crippen LogP contribution in [0.3, 0.4) is 0 Å². The number of carbonyl (C=O) groups is 1. The molecule has 2 heterocycles. The van der Waals surface area contributed by atoms with Crippen molar-refractivity contribution >= 4 is 5.97 Å². The van der Waals surface area contributed by atoms with Gasteiger partial charge in [0.15, 0.2) is 0 Å². The lowest BCUT2D eigenvalue weighted by molar-refractivity contribution is 0.0658. The topological polar surface area (TPSA) is 53.7 Å². The van der Waals surface area contributed by atoms with Gasteiger partial charge < -0.3 is 9.52 Å². The molecule has 1 aliphatic heterocycles. The molecule has 1 aromatic heterocycles. The Kier molecular flexibility index (Phi) is 5.02. The van der Waals surface area contributed by atoms with Crippen molar-refractivity contribution in [1.82, 2.24) is 4.90 Å². The quantitative estimate of drug-likeness (QED) is 0.886. The largest absolute Gasteiger partial charge is 0.475 e. The monoisotopic (exact) mass is 265 g/mol. The van der Waals surface area contributed by atoms with Crippen molar-refractivity contribution in [1.29, 1.82) is 0 Å². The van der Waals surface area contributed by atoms with E-state index in [0.29, 0.717) is 0 Å². The lowest BCUT2D eigenvalue weighted by Crippen LogP contribution is -2.24. The maximum atomic E-state index is 10.8. The van der Waals surface area contributed by atoms with Gasteiger partial charge in [-0.05, 0) is 50.4 Å². The van der Waals surface area contributed by atoms with E-state index in [1.807, 2.05) is 0 Å². The highest BCUT2D eigenvalue weighted by Gasteiger charge is 2.18. The third kappa shape index (κ3) is 4.10. The Bertz CT molecular complexity index is 413. The summed E-state index contributed by atoms with van der Waals surface area (Å²) in [6, 6.07) is 3.31. The van der Waals surface area contributed by atoms with Crippen molar-refractivity contribution in [3.8, 4) is 0 Å². The lowest BCUT2D eigenvalue weighted by atomic mass is 9.96. The molecular weight excluding hydrogens is 242 g/mol. The smallest absolute Gasteiger partial charge is 0.371 e. The van der Waals surface area contributed by atoms with Crippen molar-refractivity contribution < 1.29 is 14.3 Å². The van der Waals surface area contributed by atoms with Crippen LogP contribution in [0.5, 0.6) is 0 Å². The van der Waals surface area contributed by atoms with Gasteiger partial charge in [-0.2, -0.15) is 0 Å². The first kappa shape index (κ1) is 14.1. The second-order valence-electron chi connectivity index (χ2n) is 5.43. The molecule has 1 aromatic rings. The zero-order valence-corrected chi connectivity index (χ0v) is 11.6. The van der Waals surface area contributed by atoms with E-state index in [-0.39, 0.29) is 5.76 Å². The molecule has 1 fully saturated rings. The Morgan fingerprint density at radius 1 is 1.42 bits per heavy atom. The van der Waals surface area contributed by atoms with Gasteiger partial charge in [-0.1, -0.05) is 19.8 Å². The van der Waals surface area contributed by atoms with Crippen molar-refractivity contribution in [2.45, 2.75) is 45.6 Å².